The van der Waals surface area contributed by atoms with Crippen LogP contribution in [0.2, 0.25) is 0 Å². The van der Waals surface area contributed by atoms with E-state index in [1.165, 1.54) is 19.1 Å². The molecule has 176 valence electrons. The summed E-state index contributed by atoms with van der Waals surface area (Å²) in [5.74, 6) is 0. The van der Waals surface area contributed by atoms with Crippen molar-refractivity contribution in [2.45, 2.75) is 39.3 Å². The van der Waals surface area contributed by atoms with Gasteiger partial charge in [-0.25, -0.2) is 0 Å². The van der Waals surface area contributed by atoms with Gasteiger partial charge in [-0.3, -0.25) is 0 Å². The minimum Gasteiger partial charge on any atom is -0.166 e. The lowest BCUT2D eigenvalue weighted by Crippen LogP contribution is -2.18. The molecule has 33 heavy (non-hydrogen) atoms. The molecular weight excluding hydrogens is 459 g/mol. The quantitative estimate of drug-likeness (QED) is 0.324. The van der Waals surface area contributed by atoms with Crippen LogP contribution in [0, 0.1) is 20.8 Å². The lowest BCUT2D eigenvalue weighted by Gasteiger charge is -2.23. The molecule has 0 aliphatic rings. The van der Waals surface area contributed by atoms with Crippen LogP contribution in [0.15, 0.2) is 48.5 Å². The first-order valence-electron chi connectivity index (χ1n) is 9.58. The van der Waals surface area contributed by atoms with Gasteiger partial charge in [0.05, 0.1) is 16.7 Å². The summed E-state index contributed by atoms with van der Waals surface area (Å²) in [5, 5.41) is 0. The van der Waals surface area contributed by atoms with Crippen molar-refractivity contribution in [3.8, 4) is 22.3 Å². The minimum absolute atomic E-state index is 0.0540. The fourth-order valence-corrected chi connectivity index (χ4v) is 3.53. The zero-order chi connectivity index (χ0) is 24.9. The van der Waals surface area contributed by atoms with Gasteiger partial charge >= 0.3 is 18.5 Å². The van der Waals surface area contributed by atoms with Gasteiger partial charge in [-0.05, 0) is 72.4 Å². The van der Waals surface area contributed by atoms with Gasteiger partial charge in [0, 0.05) is 5.56 Å². The lowest BCUT2D eigenvalue weighted by molar-refractivity contribution is -0.147. The van der Waals surface area contributed by atoms with Gasteiger partial charge in [-0.2, -0.15) is 39.5 Å². The monoisotopic (exact) mass is 476 g/mol. The predicted octanol–water partition coefficient (Wildman–Crippen LogP) is 9.00. The summed E-state index contributed by atoms with van der Waals surface area (Å²) in [6, 6.07) is 8.63. The van der Waals surface area contributed by atoms with Crippen LogP contribution in [-0.2, 0) is 18.5 Å². The molecule has 0 aromatic heterocycles. The normalized spacial score (nSPS) is 12.8. The maximum absolute atomic E-state index is 13.8. The van der Waals surface area contributed by atoms with E-state index < -0.39 is 46.3 Å². The Kier molecular flexibility index (Phi) is 6.06. The molecule has 0 bridgehead atoms. The van der Waals surface area contributed by atoms with Crippen molar-refractivity contribution in [2.24, 2.45) is 0 Å². The molecule has 0 unspecified atom stereocenters. The number of hydrogen-bond donors (Lipinski definition) is 0. The fourth-order valence-electron chi connectivity index (χ4n) is 3.53. The van der Waals surface area contributed by atoms with Crippen LogP contribution >= 0.6 is 0 Å². The summed E-state index contributed by atoms with van der Waals surface area (Å²) < 4.78 is 122. The van der Waals surface area contributed by atoms with Gasteiger partial charge in [-0.15, -0.1) is 0 Å². The van der Waals surface area contributed by atoms with Gasteiger partial charge in [0.25, 0.3) is 0 Å². The summed E-state index contributed by atoms with van der Waals surface area (Å²) in [5.41, 5.74) is -5.05. The maximum Gasteiger partial charge on any atom is 0.417 e. The second-order valence-corrected chi connectivity index (χ2v) is 7.77. The van der Waals surface area contributed by atoms with Crippen molar-refractivity contribution in [1.29, 1.82) is 0 Å². The molecule has 0 nitrogen and oxygen atoms in total. The Morgan fingerprint density at radius 1 is 0.485 bits per heavy atom. The highest BCUT2D eigenvalue weighted by atomic mass is 19.4. The molecule has 0 radical (unpaired) electrons. The Labute approximate surface area is 183 Å². The molecule has 0 amide bonds. The number of benzene rings is 3. The fraction of sp³-hybridized carbons (Fsp3) is 0.250. The predicted molar refractivity (Wildman–Crippen MR) is 107 cm³/mol. The summed E-state index contributed by atoms with van der Waals surface area (Å²) >= 11 is 0. The number of aryl methyl sites for hydroxylation is 3. The Balaban J connectivity index is 2.41. The van der Waals surface area contributed by atoms with Crippen LogP contribution < -0.4 is 0 Å². The van der Waals surface area contributed by atoms with Crippen LogP contribution in [0.4, 0.5) is 39.5 Å². The summed E-state index contributed by atoms with van der Waals surface area (Å²) in [6.07, 6.45) is -16.3. The lowest BCUT2D eigenvalue weighted by atomic mass is 9.87. The second kappa shape index (κ2) is 8.11. The first-order chi connectivity index (χ1) is 15.0. The Morgan fingerprint density at radius 2 is 0.939 bits per heavy atom. The first-order valence-corrected chi connectivity index (χ1v) is 9.58. The molecule has 9 heteroatoms. The van der Waals surface area contributed by atoms with Gasteiger partial charge in [0.1, 0.15) is 0 Å². The van der Waals surface area contributed by atoms with Crippen LogP contribution in [0.25, 0.3) is 22.3 Å². The van der Waals surface area contributed by atoms with E-state index in [9.17, 15) is 39.5 Å². The molecule has 0 N–H and O–H groups in total. The molecule has 3 rings (SSSR count). The number of alkyl halides is 9. The molecule has 0 aliphatic heterocycles. The van der Waals surface area contributed by atoms with Crippen molar-refractivity contribution >= 4 is 0 Å². The molecule has 0 spiro atoms. The number of halogens is 9. The molecule has 3 aromatic carbocycles. The van der Waals surface area contributed by atoms with Crippen molar-refractivity contribution < 1.29 is 39.5 Å². The van der Waals surface area contributed by atoms with E-state index in [0.29, 0.717) is 11.1 Å². The van der Waals surface area contributed by atoms with E-state index in [1.807, 2.05) is 6.92 Å². The Hall–Kier alpha value is -2.97. The van der Waals surface area contributed by atoms with Crippen LogP contribution in [-0.4, -0.2) is 0 Å². The molecule has 0 fully saturated rings. The molecule has 0 saturated carbocycles. The third-order valence-corrected chi connectivity index (χ3v) is 5.42. The van der Waals surface area contributed by atoms with Crippen molar-refractivity contribution in [3.05, 3.63) is 81.9 Å². The summed E-state index contributed by atoms with van der Waals surface area (Å²) in [7, 11) is 0. The highest BCUT2D eigenvalue weighted by molar-refractivity contribution is 5.80. The van der Waals surface area contributed by atoms with E-state index in [4.69, 9.17) is 0 Å². The third kappa shape index (κ3) is 5.02. The van der Waals surface area contributed by atoms with E-state index in [1.54, 1.807) is 25.1 Å². The molecule has 0 heterocycles. The second-order valence-electron chi connectivity index (χ2n) is 7.77. The molecular formula is C24H17F9. The summed E-state index contributed by atoms with van der Waals surface area (Å²) in [4.78, 5) is 0. The van der Waals surface area contributed by atoms with E-state index in [0.717, 1.165) is 17.2 Å². The van der Waals surface area contributed by atoms with Gasteiger partial charge in [0.15, 0.2) is 0 Å². The standard InChI is InChI=1S/C24H17F9/c1-12-4-6-15(8-14(12)3)16-7-5-13(2)18(9-16)21-19(23(28,29)30)10-17(22(25,26)27)11-20(21)24(31,32)33/h4-11H,1-3H3. The average molecular weight is 476 g/mol. The van der Waals surface area contributed by atoms with E-state index >= 15 is 0 Å². The van der Waals surface area contributed by atoms with Crippen molar-refractivity contribution in [3.63, 3.8) is 0 Å². The number of rotatable bonds is 2. The van der Waals surface area contributed by atoms with Gasteiger partial charge < -0.3 is 0 Å². The molecule has 3 aromatic rings. The SMILES string of the molecule is Cc1ccc(-c2ccc(C)c(-c3c(C(F)(F)F)cc(C(F)(F)F)cc3C(F)(F)F)c2)cc1C. The third-order valence-electron chi connectivity index (χ3n) is 5.42. The van der Waals surface area contributed by atoms with E-state index in [-0.39, 0.29) is 17.7 Å². The number of hydrogen-bond acceptors (Lipinski definition) is 0. The van der Waals surface area contributed by atoms with Crippen LogP contribution in [0.5, 0.6) is 0 Å². The molecule has 0 atom stereocenters. The summed E-state index contributed by atoms with van der Waals surface area (Å²) in [6.45, 7) is 4.94. The first kappa shape index (κ1) is 24.7. The topological polar surface area (TPSA) is 0 Å². The largest absolute Gasteiger partial charge is 0.417 e. The van der Waals surface area contributed by atoms with Crippen molar-refractivity contribution in [2.75, 3.05) is 0 Å². The zero-order valence-electron chi connectivity index (χ0n) is 17.5. The van der Waals surface area contributed by atoms with Gasteiger partial charge in [0.2, 0.25) is 0 Å². The van der Waals surface area contributed by atoms with E-state index in [2.05, 4.69) is 0 Å². The molecule has 0 aliphatic carbocycles. The maximum atomic E-state index is 13.8. The van der Waals surface area contributed by atoms with Gasteiger partial charge in [-0.1, -0.05) is 30.3 Å². The Bertz CT molecular complexity index is 1160. The highest BCUT2D eigenvalue weighted by Crippen LogP contribution is 2.48. The zero-order valence-corrected chi connectivity index (χ0v) is 17.5. The molecule has 0 saturated heterocycles. The minimum atomic E-state index is -5.46. The highest BCUT2D eigenvalue weighted by Gasteiger charge is 2.45. The smallest absolute Gasteiger partial charge is 0.166 e. The van der Waals surface area contributed by atoms with Crippen molar-refractivity contribution in [1.82, 2.24) is 0 Å². The average Bonchev–Trinajstić information content (AvgIpc) is 2.67. The Morgan fingerprint density at radius 3 is 1.36 bits per heavy atom. The van der Waals surface area contributed by atoms with Crippen LogP contribution in [0.3, 0.4) is 0 Å². The van der Waals surface area contributed by atoms with Crippen LogP contribution in [0.1, 0.15) is 33.4 Å².